The van der Waals surface area contributed by atoms with Gasteiger partial charge in [0.05, 0.1) is 23.3 Å². The molecule has 0 aliphatic carbocycles. The number of thioether (sulfide) groups is 1. The van der Waals surface area contributed by atoms with Crippen LogP contribution in [0.15, 0.2) is 50.8 Å². The normalized spacial score (nSPS) is 12.5. The van der Waals surface area contributed by atoms with Gasteiger partial charge in [0.2, 0.25) is 11.5 Å². The van der Waals surface area contributed by atoms with Crippen molar-refractivity contribution in [3.05, 3.63) is 58.3 Å². The number of carbonyl (C=O) groups excluding carboxylic acids is 1. The predicted octanol–water partition coefficient (Wildman–Crippen LogP) is 4.47. The van der Waals surface area contributed by atoms with Gasteiger partial charge in [-0.1, -0.05) is 43.7 Å². The number of esters is 1. The molecule has 0 bridgehead atoms. The Balaban J connectivity index is 1.76. The average molecular weight is 441 g/mol. The number of para-hydroxylation sites is 1. The Morgan fingerprint density at radius 2 is 2.00 bits per heavy atom. The first-order chi connectivity index (χ1) is 15.0. The number of fused-ring (bicyclic) bond motifs is 3. The predicted molar refractivity (Wildman–Crippen MR) is 119 cm³/mol. The summed E-state index contributed by atoms with van der Waals surface area (Å²) in [6, 6.07) is 10.9. The van der Waals surface area contributed by atoms with Gasteiger partial charge < -0.3 is 9.15 Å². The van der Waals surface area contributed by atoms with Crippen LogP contribution in [0, 0.1) is 0 Å². The van der Waals surface area contributed by atoms with Crippen molar-refractivity contribution in [1.29, 1.82) is 0 Å². The number of hydrogen-bond donors (Lipinski definition) is 0. The summed E-state index contributed by atoms with van der Waals surface area (Å²) in [6.07, 6.45) is 3.01. The van der Waals surface area contributed by atoms with Crippen LogP contribution in [-0.4, -0.2) is 32.2 Å². The summed E-state index contributed by atoms with van der Waals surface area (Å²) < 4.78 is 14.0. The van der Waals surface area contributed by atoms with Crippen LogP contribution in [0.3, 0.4) is 0 Å². The molecule has 4 aromatic rings. The van der Waals surface area contributed by atoms with Crippen molar-refractivity contribution in [3.8, 4) is 0 Å². The van der Waals surface area contributed by atoms with E-state index in [4.69, 9.17) is 9.15 Å². The summed E-state index contributed by atoms with van der Waals surface area (Å²) in [6.45, 7) is 4.69. The molecule has 1 atom stereocenters. The molecule has 0 aliphatic heterocycles. The molecule has 162 valence electrons. The summed E-state index contributed by atoms with van der Waals surface area (Å²) in [5, 5.41) is 9.88. The molecule has 0 aliphatic rings. The van der Waals surface area contributed by atoms with Gasteiger partial charge in [-0.3, -0.25) is 13.8 Å². The molecule has 0 saturated heterocycles. The Morgan fingerprint density at radius 3 is 2.77 bits per heavy atom. The molecule has 31 heavy (non-hydrogen) atoms. The van der Waals surface area contributed by atoms with Crippen LogP contribution in [0.1, 0.15) is 54.7 Å². The van der Waals surface area contributed by atoms with Gasteiger partial charge in [0.1, 0.15) is 5.76 Å². The van der Waals surface area contributed by atoms with Crippen LogP contribution in [0.2, 0.25) is 0 Å². The smallest absolute Gasteiger partial charge is 0.373 e. The van der Waals surface area contributed by atoms with E-state index in [0.29, 0.717) is 28.6 Å². The molecule has 3 aromatic heterocycles. The Bertz CT molecular complexity index is 1290. The van der Waals surface area contributed by atoms with E-state index >= 15 is 0 Å². The van der Waals surface area contributed by atoms with Gasteiger partial charge in [0, 0.05) is 6.54 Å². The average Bonchev–Trinajstić information content (AvgIpc) is 3.43. The van der Waals surface area contributed by atoms with Gasteiger partial charge in [0.25, 0.3) is 5.56 Å². The maximum absolute atomic E-state index is 13.1. The molecule has 0 N–H and O–H groups in total. The number of carbonyl (C=O) groups is 1. The number of nitrogens with zero attached hydrogens (tertiary/aromatic N) is 4. The summed E-state index contributed by atoms with van der Waals surface area (Å²) >= 11 is 1.45. The number of methoxy groups -OCH3 is 1. The number of furan rings is 1. The van der Waals surface area contributed by atoms with Crippen LogP contribution in [-0.2, 0) is 11.3 Å². The van der Waals surface area contributed by atoms with E-state index in [1.54, 1.807) is 16.7 Å². The van der Waals surface area contributed by atoms with Crippen molar-refractivity contribution in [2.24, 2.45) is 0 Å². The number of aromatic nitrogens is 4. The van der Waals surface area contributed by atoms with Crippen LogP contribution < -0.4 is 5.56 Å². The third kappa shape index (κ3) is 3.97. The molecule has 9 heteroatoms. The van der Waals surface area contributed by atoms with E-state index in [1.807, 2.05) is 35.6 Å². The van der Waals surface area contributed by atoms with Crippen molar-refractivity contribution in [1.82, 2.24) is 19.2 Å². The van der Waals surface area contributed by atoms with E-state index in [9.17, 15) is 9.59 Å². The number of unbranched alkanes of at least 4 members (excludes halogenated alkanes) is 2. The third-order valence-electron chi connectivity index (χ3n) is 5.16. The second-order valence-electron chi connectivity index (χ2n) is 7.25. The van der Waals surface area contributed by atoms with Crippen molar-refractivity contribution in [2.45, 2.75) is 50.1 Å². The number of benzene rings is 1. The molecular weight excluding hydrogens is 416 g/mol. The van der Waals surface area contributed by atoms with Gasteiger partial charge in [-0.25, -0.2) is 4.79 Å². The van der Waals surface area contributed by atoms with Crippen molar-refractivity contribution in [2.75, 3.05) is 7.11 Å². The minimum Gasteiger partial charge on any atom is -0.463 e. The number of rotatable bonds is 8. The standard InChI is InChI=1S/C22H24N4O4S/c1-4-5-8-13-25-19(27)15-9-6-7-10-16(15)26-21(25)23-24-22(26)31-14(2)17-11-12-18(30-17)20(28)29-3/h6-7,9-12,14H,4-5,8,13H2,1-3H3. The summed E-state index contributed by atoms with van der Waals surface area (Å²) in [4.78, 5) is 24.8. The van der Waals surface area contributed by atoms with Gasteiger partial charge in [0.15, 0.2) is 5.16 Å². The van der Waals surface area contributed by atoms with Crippen LogP contribution in [0.25, 0.3) is 16.7 Å². The number of aryl methyl sites for hydroxylation is 1. The molecule has 0 radical (unpaired) electrons. The van der Waals surface area contributed by atoms with E-state index in [0.717, 1.165) is 24.8 Å². The van der Waals surface area contributed by atoms with Gasteiger partial charge >= 0.3 is 5.97 Å². The highest BCUT2D eigenvalue weighted by Crippen LogP contribution is 2.35. The molecule has 0 saturated carbocycles. The summed E-state index contributed by atoms with van der Waals surface area (Å²) in [5.41, 5.74) is 0.716. The van der Waals surface area contributed by atoms with Crippen molar-refractivity contribution in [3.63, 3.8) is 0 Å². The fourth-order valence-electron chi connectivity index (χ4n) is 3.53. The van der Waals surface area contributed by atoms with Gasteiger partial charge in [-0.2, -0.15) is 0 Å². The highest BCUT2D eigenvalue weighted by molar-refractivity contribution is 7.99. The molecule has 8 nitrogen and oxygen atoms in total. The highest BCUT2D eigenvalue weighted by atomic mass is 32.2. The fraction of sp³-hybridized carbons (Fsp3) is 0.364. The van der Waals surface area contributed by atoms with E-state index in [2.05, 4.69) is 17.1 Å². The zero-order valence-corrected chi connectivity index (χ0v) is 18.5. The van der Waals surface area contributed by atoms with Gasteiger partial charge in [-0.15, -0.1) is 10.2 Å². The first-order valence-corrected chi connectivity index (χ1v) is 11.1. The molecule has 3 heterocycles. The zero-order valence-electron chi connectivity index (χ0n) is 17.7. The third-order valence-corrected chi connectivity index (χ3v) is 6.22. The maximum Gasteiger partial charge on any atom is 0.373 e. The SMILES string of the molecule is CCCCCn1c(=O)c2ccccc2n2c(SC(C)c3ccc(C(=O)OC)o3)nnc12. The molecule has 1 aromatic carbocycles. The molecule has 0 amide bonds. The molecular formula is C22H24N4O4S. The minimum atomic E-state index is -0.515. The Morgan fingerprint density at radius 1 is 1.19 bits per heavy atom. The highest BCUT2D eigenvalue weighted by Gasteiger charge is 2.21. The fourth-order valence-corrected chi connectivity index (χ4v) is 4.46. The second kappa shape index (κ2) is 8.97. The van der Waals surface area contributed by atoms with Crippen LogP contribution >= 0.6 is 11.8 Å². The molecule has 0 fully saturated rings. The minimum absolute atomic E-state index is 0.0510. The first kappa shape index (κ1) is 21.2. The Labute approximate surface area is 183 Å². The van der Waals surface area contributed by atoms with Crippen molar-refractivity contribution >= 4 is 34.4 Å². The molecule has 0 spiro atoms. The van der Waals surface area contributed by atoms with Crippen molar-refractivity contribution < 1.29 is 13.9 Å². The zero-order chi connectivity index (χ0) is 22.0. The molecule has 1 unspecified atom stereocenters. The molecule has 4 rings (SSSR count). The first-order valence-electron chi connectivity index (χ1n) is 10.3. The van der Waals surface area contributed by atoms with E-state index in [1.165, 1.54) is 18.9 Å². The largest absolute Gasteiger partial charge is 0.463 e. The number of ether oxygens (including phenoxy) is 1. The summed E-state index contributed by atoms with van der Waals surface area (Å²) in [5.74, 6) is 0.802. The van der Waals surface area contributed by atoms with E-state index < -0.39 is 5.97 Å². The maximum atomic E-state index is 13.1. The summed E-state index contributed by atoms with van der Waals surface area (Å²) in [7, 11) is 1.32. The van der Waals surface area contributed by atoms with Crippen LogP contribution in [0.4, 0.5) is 0 Å². The lowest BCUT2D eigenvalue weighted by molar-refractivity contribution is 0.0563. The quantitative estimate of drug-likeness (QED) is 0.227. The van der Waals surface area contributed by atoms with Gasteiger partial charge in [-0.05, 0) is 37.6 Å². The monoisotopic (exact) mass is 440 g/mol. The lowest BCUT2D eigenvalue weighted by Gasteiger charge is -2.12. The second-order valence-corrected chi connectivity index (χ2v) is 8.56. The van der Waals surface area contributed by atoms with E-state index in [-0.39, 0.29) is 16.6 Å². The van der Waals surface area contributed by atoms with Crippen LogP contribution in [0.5, 0.6) is 0 Å². The lowest BCUT2D eigenvalue weighted by Crippen LogP contribution is -2.23. The topological polar surface area (TPSA) is 91.6 Å². The lowest BCUT2D eigenvalue weighted by atomic mass is 10.2. The Hall–Kier alpha value is -3.07. The Kier molecular flexibility index (Phi) is 6.13. The number of hydrogen-bond acceptors (Lipinski definition) is 7.